The first-order valence-electron chi connectivity index (χ1n) is 6.89. The number of fused-ring (bicyclic) bond motifs is 1. The number of carboxylic acid groups (broad SMARTS) is 1. The number of carbonyl (C=O) groups is 1. The molecule has 0 saturated carbocycles. The van der Waals surface area contributed by atoms with Crippen LogP contribution in [0.5, 0.6) is 0 Å². The first-order chi connectivity index (χ1) is 10.1. The Hall–Kier alpha value is -1.72. The second-order valence-corrected chi connectivity index (χ2v) is 6.28. The summed E-state index contributed by atoms with van der Waals surface area (Å²) in [6, 6.07) is 6.93. The molecule has 110 valence electrons. The lowest BCUT2D eigenvalue weighted by Crippen LogP contribution is -2.33. The van der Waals surface area contributed by atoms with Crippen molar-refractivity contribution in [1.82, 2.24) is 4.90 Å². The van der Waals surface area contributed by atoms with Crippen LogP contribution in [0, 0.1) is 5.82 Å². The lowest BCUT2D eigenvalue weighted by molar-refractivity contribution is 0.0691. The fraction of sp³-hybridized carbons (Fsp3) is 0.312. The minimum atomic E-state index is -1.22. The number of carboxylic acids is 1. The van der Waals surface area contributed by atoms with Crippen molar-refractivity contribution in [2.45, 2.75) is 25.9 Å². The topological polar surface area (TPSA) is 40.5 Å². The predicted octanol–water partition coefficient (Wildman–Crippen LogP) is 3.70. The standard InChI is InChI=1S/C16H16FNO2S/c1-10-12-6-8-21-14(12)5-7-18(10)9-11-3-2-4-13(15(11)17)16(19)20/h2-4,6,8,10H,5,7,9H2,1H3,(H,19,20). The SMILES string of the molecule is CC1c2ccsc2CCN1Cc1cccc(C(=O)O)c1F. The van der Waals surface area contributed by atoms with E-state index in [1.54, 1.807) is 23.5 Å². The lowest BCUT2D eigenvalue weighted by Gasteiger charge is -2.33. The van der Waals surface area contributed by atoms with E-state index in [4.69, 9.17) is 5.11 Å². The summed E-state index contributed by atoms with van der Waals surface area (Å²) >= 11 is 1.77. The quantitative estimate of drug-likeness (QED) is 0.940. The number of rotatable bonds is 3. The van der Waals surface area contributed by atoms with Gasteiger partial charge in [-0.3, -0.25) is 4.90 Å². The van der Waals surface area contributed by atoms with E-state index in [0.29, 0.717) is 12.1 Å². The number of hydrogen-bond donors (Lipinski definition) is 1. The van der Waals surface area contributed by atoms with Crippen LogP contribution in [-0.2, 0) is 13.0 Å². The van der Waals surface area contributed by atoms with Gasteiger partial charge in [0.25, 0.3) is 0 Å². The fourth-order valence-corrected chi connectivity index (χ4v) is 3.83. The van der Waals surface area contributed by atoms with Gasteiger partial charge in [-0.2, -0.15) is 0 Å². The largest absolute Gasteiger partial charge is 0.478 e. The summed E-state index contributed by atoms with van der Waals surface area (Å²) in [4.78, 5) is 14.6. The molecule has 0 aliphatic carbocycles. The summed E-state index contributed by atoms with van der Waals surface area (Å²) in [5.41, 5.74) is 1.50. The van der Waals surface area contributed by atoms with Crippen LogP contribution in [0.15, 0.2) is 29.6 Å². The minimum Gasteiger partial charge on any atom is -0.478 e. The third-order valence-electron chi connectivity index (χ3n) is 4.09. The van der Waals surface area contributed by atoms with Gasteiger partial charge in [-0.15, -0.1) is 11.3 Å². The van der Waals surface area contributed by atoms with Gasteiger partial charge in [-0.05, 0) is 36.4 Å². The molecule has 1 aromatic carbocycles. The number of benzene rings is 1. The highest BCUT2D eigenvalue weighted by atomic mass is 32.1. The molecular weight excluding hydrogens is 289 g/mol. The number of thiophene rings is 1. The highest BCUT2D eigenvalue weighted by Crippen LogP contribution is 2.34. The van der Waals surface area contributed by atoms with E-state index >= 15 is 0 Å². The maximum Gasteiger partial charge on any atom is 0.338 e. The Bertz CT molecular complexity index is 683. The van der Waals surface area contributed by atoms with Gasteiger partial charge in [0.2, 0.25) is 0 Å². The number of halogens is 1. The van der Waals surface area contributed by atoms with Crippen LogP contribution in [0.2, 0.25) is 0 Å². The van der Waals surface area contributed by atoms with Crippen LogP contribution in [0.1, 0.15) is 39.3 Å². The van der Waals surface area contributed by atoms with Gasteiger partial charge in [0, 0.05) is 29.6 Å². The third-order valence-corrected chi connectivity index (χ3v) is 5.08. The normalized spacial score (nSPS) is 18.5. The van der Waals surface area contributed by atoms with Gasteiger partial charge in [-0.25, -0.2) is 9.18 Å². The molecule has 1 N–H and O–H groups in total. The number of aromatic carboxylic acids is 1. The van der Waals surface area contributed by atoms with Crippen molar-refractivity contribution in [3.63, 3.8) is 0 Å². The monoisotopic (exact) mass is 305 g/mol. The molecule has 3 rings (SSSR count). The maximum atomic E-state index is 14.2. The zero-order valence-electron chi connectivity index (χ0n) is 11.7. The lowest BCUT2D eigenvalue weighted by atomic mass is 10.00. The van der Waals surface area contributed by atoms with E-state index in [9.17, 15) is 9.18 Å². The first kappa shape index (κ1) is 14.2. The van der Waals surface area contributed by atoms with E-state index < -0.39 is 11.8 Å². The summed E-state index contributed by atoms with van der Waals surface area (Å²) in [6.07, 6.45) is 0.970. The minimum absolute atomic E-state index is 0.230. The molecule has 1 aromatic heterocycles. The second kappa shape index (κ2) is 5.58. The average Bonchev–Trinajstić information content (AvgIpc) is 2.93. The maximum absolute atomic E-state index is 14.2. The molecule has 0 bridgehead atoms. The molecule has 21 heavy (non-hydrogen) atoms. The van der Waals surface area contributed by atoms with E-state index in [1.807, 2.05) is 0 Å². The van der Waals surface area contributed by atoms with Crippen LogP contribution in [-0.4, -0.2) is 22.5 Å². The summed E-state index contributed by atoms with van der Waals surface area (Å²) in [5.74, 6) is -1.84. The Kier molecular flexibility index (Phi) is 3.78. The molecule has 1 atom stereocenters. The molecule has 0 spiro atoms. The molecule has 1 aliphatic heterocycles. The average molecular weight is 305 g/mol. The summed E-state index contributed by atoms with van der Waals surface area (Å²) in [5, 5.41) is 11.1. The van der Waals surface area contributed by atoms with Crippen molar-refractivity contribution in [2.24, 2.45) is 0 Å². The van der Waals surface area contributed by atoms with Crippen LogP contribution >= 0.6 is 11.3 Å². The summed E-state index contributed by atoms with van der Waals surface area (Å²) in [7, 11) is 0. The fourth-order valence-electron chi connectivity index (χ4n) is 2.86. The van der Waals surface area contributed by atoms with Gasteiger partial charge in [-0.1, -0.05) is 12.1 Å². The van der Waals surface area contributed by atoms with Gasteiger partial charge in [0.1, 0.15) is 5.82 Å². The van der Waals surface area contributed by atoms with E-state index in [-0.39, 0.29) is 11.6 Å². The molecule has 2 heterocycles. The van der Waals surface area contributed by atoms with E-state index in [0.717, 1.165) is 13.0 Å². The molecule has 1 aliphatic rings. The van der Waals surface area contributed by atoms with Crippen LogP contribution in [0.4, 0.5) is 4.39 Å². The van der Waals surface area contributed by atoms with Gasteiger partial charge in [0.15, 0.2) is 0 Å². The van der Waals surface area contributed by atoms with Crippen molar-refractivity contribution >= 4 is 17.3 Å². The second-order valence-electron chi connectivity index (χ2n) is 5.28. The smallest absolute Gasteiger partial charge is 0.338 e. The molecule has 0 saturated heterocycles. The van der Waals surface area contributed by atoms with Crippen LogP contribution < -0.4 is 0 Å². The highest BCUT2D eigenvalue weighted by Gasteiger charge is 2.26. The molecular formula is C16H16FNO2S. The van der Waals surface area contributed by atoms with Gasteiger partial charge < -0.3 is 5.11 Å². The molecule has 0 fully saturated rings. The zero-order chi connectivity index (χ0) is 15.0. The molecule has 2 aromatic rings. The molecule has 5 heteroatoms. The van der Waals surface area contributed by atoms with Crippen molar-refractivity contribution in [3.05, 3.63) is 57.0 Å². The van der Waals surface area contributed by atoms with Gasteiger partial charge in [0.05, 0.1) is 5.56 Å². The molecule has 0 radical (unpaired) electrons. The number of nitrogens with zero attached hydrogens (tertiary/aromatic N) is 1. The highest BCUT2D eigenvalue weighted by molar-refractivity contribution is 7.10. The Morgan fingerprint density at radius 3 is 3.05 bits per heavy atom. The Labute approximate surface area is 126 Å². The Balaban J connectivity index is 1.85. The van der Waals surface area contributed by atoms with Crippen molar-refractivity contribution < 1.29 is 14.3 Å². The molecule has 1 unspecified atom stereocenters. The Morgan fingerprint density at radius 1 is 1.48 bits per heavy atom. The summed E-state index contributed by atoms with van der Waals surface area (Å²) in [6.45, 7) is 3.42. The first-order valence-corrected chi connectivity index (χ1v) is 7.77. The van der Waals surface area contributed by atoms with Crippen molar-refractivity contribution in [1.29, 1.82) is 0 Å². The van der Waals surface area contributed by atoms with E-state index in [2.05, 4.69) is 23.3 Å². The van der Waals surface area contributed by atoms with Crippen molar-refractivity contribution in [3.8, 4) is 0 Å². The van der Waals surface area contributed by atoms with Crippen LogP contribution in [0.3, 0.4) is 0 Å². The summed E-state index contributed by atoms with van der Waals surface area (Å²) < 4.78 is 14.2. The predicted molar refractivity (Wildman–Crippen MR) is 80.2 cm³/mol. The van der Waals surface area contributed by atoms with Crippen LogP contribution in [0.25, 0.3) is 0 Å². The zero-order valence-corrected chi connectivity index (χ0v) is 12.5. The van der Waals surface area contributed by atoms with Gasteiger partial charge >= 0.3 is 5.97 Å². The molecule has 0 amide bonds. The Morgan fingerprint density at radius 2 is 2.29 bits per heavy atom. The number of hydrogen-bond acceptors (Lipinski definition) is 3. The van der Waals surface area contributed by atoms with Crippen molar-refractivity contribution in [2.75, 3.05) is 6.54 Å². The third kappa shape index (κ3) is 2.59. The molecule has 3 nitrogen and oxygen atoms in total. The van der Waals surface area contributed by atoms with E-state index in [1.165, 1.54) is 16.5 Å².